The van der Waals surface area contributed by atoms with Crippen molar-refractivity contribution in [2.45, 2.75) is 6.92 Å². The van der Waals surface area contributed by atoms with Crippen molar-refractivity contribution in [3.8, 4) is 6.07 Å². The van der Waals surface area contributed by atoms with E-state index in [2.05, 4.69) is 43.0 Å². The highest BCUT2D eigenvalue weighted by Gasteiger charge is 2.21. The van der Waals surface area contributed by atoms with Crippen LogP contribution in [-0.2, 0) is 0 Å². The van der Waals surface area contributed by atoms with Gasteiger partial charge in [-0.15, -0.1) is 21.5 Å². The lowest BCUT2D eigenvalue weighted by atomic mass is 10.2. The maximum Gasteiger partial charge on any atom is 0.163 e. The second-order valence-electron chi connectivity index (χ2n) is 5.64. The second kappa shape index (κ2) is 6.02. The van der Waals surface area contributed by atoms with E-state index >= 15 is 0 Å². The Bertz CT molecular complexity index is 904. The van der Waals surface area contributed by atoms with Crippen molar-refractivity contribution in [1.29, 1.82) is 5.26 Å². The Balaban J connectivity index is 1.52. The van der Waals surface area contributed by atoms with E-state index < -0.39 is 0 Å². The summed E-state index contributed by atoms with van der Waals surface area (Å²) < 4.78 is 0. The molecule has 3 aromatic rings. The average molecular weight is 337 g/mol. The molecule has 0 radical (unpaired) electrons. The number of nitriles is 1. The zero-order chi connectivity index (χ0) is 16.5. The molecule has 0 saturated carbocycles. The predicted octanol–water partition coefficient (Wildman–Crippen LogP) is 1.99. The minimum Gasteiger partial charge on any atom is -0.352 e. The number of anilines is 2. The lowest BCUT2D eigenvalue weighted by Crippen LogP contribution is -2.47. The lowest BCUT2D eigenvalue weighted by molar-refractivity contribution is 0.639. The Morgan fingerprint density at radius 1 is 1.08 bits per heavy atom. The number of hydrogen-bond acceptors (Lipinski definition) is 8. The molecule has 0 aliphatic carbocycles. The third kappa shape index (κ3) is 2.63. The number of fused-ring (bicyclic) bond motifs is 1. The molecule has 4 rings (SSSR count). The van der Waals surface area contributed by atoms with Gasteiger partial charge in [0.05, 0.1) is 5.39 Å². The third-order valence-corrected chi connectivity index (χ3v) is 5.06. The van der Waals surface area contributed by atoms with Crippen LogP contribution in [0.15, 0.2) is 24.5 Å². The Labute approximate surface area is 143 Å². The summed E-state index contributed by atoms with van der Waals surface area (Å²) in [7, 11) is 0. The molecule has 8 heteroatoms. The summed E-state index contributed by atoms with van der Waals surface area (Å²) in [6.07, 6.45) is 1.64. The summed E-state index contributed by atoms with van der Waals surface area (Å²) in [5, 5.41) is 18.0. The minimum absolute atomic E-state index is 0.341. The molecule has 0 N–H and O–H groups in total. The van der Waals surface area contributed by atoms with Crippen LogP contribution in [0.5, 0.6) is 0 Å². The van der Waals surface area contributed by atoms with Crippen molar-refractivity contribution in [2.75, 3.05) is 36.0 Å². The van der Waals surface area contributed by atoms with Gasteiger partial charge >= 0.3 is 0 Å². The van der Waals surface area contributed by atoms with Gasteiger partial charge in [0.1, 0.15) is 23.0 Å². The zero-order valence-corrected chi connectivity index (χ0v) is 14.0. The molecule has 3 aromatic heterocycles. The first-order chi connectivity index (χ1) is 11.7. The number of aryl methyl sites for hydroxylation is 1. The fourth-order valence-electron chi connectivity index (χ4n) is 2.92. The Morgan fingerprint density at radius 3 is 2.58 bits per heavy atom. The summed E-state index contributed by atoms with van der Waals surface area (Å²) in [5.41, 5.74) is 0.341. The highest BCUT2D eigenvalue weighted by atomic mass is 32.1. The molecule has 0 unspecified atom stereocenters. The largest absolute Gasteiger partial charge is 0.352 e. The Kier molecular flexibility index (Phi) is 3.70. The van der Waals surface area contributed by atoms with Gasteiger partial charge < -0.3 is 9.80 Å². The molecule has 0 amide bonds. The number of piperazine rings is 1. The number of hydrogen-bond donors (Lipinski definition) is 0. The number of aromatic nitrogens is 4. The molecule has 24 heavy (non-hydrogen) atoms. The van der Waals surface area contributed by atoms with Crippen molar-refractivity contribution in [3.63, 3.8) is 0 Å². The molecule has 120 valence electrons. The van der Waals surface area contributed by atoms with Crippen molar-refractivity contribution in [1.82, 2.24) is 20.2 Å². The molecule has 0 bridgehead atoms. The first kappa shape index (κ1) is 14.8. The Hall–Kier alpha value is -2.79. The highest BCUT2D eigenvalue weighted by Crippen LogP contribution is 2.30. The van der Waals surface area contributed by atoms with E-state index in [-0.39, 0.29) is 0 Å². The third-order valence-electron chi connectivity index (χ3n) is 4.10. The van der Waals surface area contributed by atoms with E-state index in [1.54, 1.807) is 23.7 Å². The topological polar surface area (TPSA) is 81.8 Å². The first-order valence-electron chi connectivity index (χ1n) is 7.69. The van der Waals surface area contributed by atoms with Crippen LogP contribution in [0.25, 0.3) is 10.2 Å². The van der Waals surface area contributed by atoms with Gasteiger partial charge in [-0.3, -0.25) is 0 Å². The fraction of sp³-hybridized carbons (Fsp3) is 0.312. The summed E-state index contributed by atoms with van der Waals surface area (Å²) in [4.78, 5) is 15.6. The normalized spacial score (nSPS) is 14.8. The summed E-state index contributed by atoms with van der Waals surface area (Å²) in [5.74, 6) is 1.82. The molecule has 1 fully saturated rings. The van der Waals surface area contributed by atoms with E-state index in [4.69, 9.17) is 5.26 Å². The lowest BCUT2D eigenvalue weighted by Gasteiger charge is -2.35. The molecule has 1 aliphatic rings. The van der Waals surface area contributed by atoms with Crippen molar-refractivity contribution in [2.24, 2.45) is 0 Å². The summed E-state index contributed by atoms with van der Waals surface area (Å²) >= 11 is 1.70. The van der Waals surface area contributed by atoms with Crippen molar-refractivity contribution >= 4 is 33.2 Å². The van der Waals surface area contributed by atoms with Crippen LogP contribution < -0.4 is 9.80 Å². The van der Waals surface area contributed by atoms with Crippen LogP contribution >= 0.6 is 11.3 Å². The number of rotatable bonds is 2. The van der Waals surface area contributed by atoms with E-state index in [9.17, 15) is 0 Å². The summed E-state index contributed by atoms with van der Waals surface area (Å²) in [6, 6.07) is 7.71. The molecule has 1 saturated heterocycles. The van der Waals surface area contributed by atoms with Crippen LogP contribution in [0, 0.1) is 18.3 Å². The van der Waals surface area contributed by atoms with Gasteiger partial charge in [-0.1, -0.05) is 0 Å². The molecule has 7 nitrogen and oxygen atoms in total. The van der Waals surface area contributed by atoms with Gasteiger partial charge in [0.2, 0.25) is 0 Å². The number of nitrogens with zero attached hydrogens (tertiary/aromatic N) is 7. The molecule has 0 spiro atoms. The van der Waals surface area contributed by atoms with Crippen LogP contribution in [0.2, 0.25) is 0 Å². The first-order valence-corrected chi connectivity index (χ1v) is 8.51. The quantitative estimate of drug-likeness (QED) is 0.707. The molecule has 0 atom stereocenters. The van der Waals surface area contributed by atoms with E-state index in [0.717, 1.165) is 48.0 Å². The van der Waals surface area contributed by atoms with Gasteiger partial charge in [0.25, 0.3) is 0 Å². The molecule has 4 heterocycles. The van der Waals surface area contributed by atoms with Crippen LogP contribution in [0.1, 0.15) is 10.6 Å². The van der Waals surface area contributed by atoms with Gasteiger partial charge in [-0.25, -0.2) is 9.97 Å². The van der Waals surface area contributed by atoms with Crippen LogP contribution in [0.4, 0.5) is 11.6 Å². The molecule has 0 aromatic carbocycles. The van der Waals surface area contributed by atoms with Gasteiger partial charge in [-0.2, -0.15) is 5.26 Å². The SMILES string of the molecule is Cc1cc2c(N3CCN(c4ccc(C#N)nn4)CC3)ncnc2s1. The maximum absolute atomic E-state index is 8.80. The Morgan fingerprint density at radius 2 is 1.88 bits per heavy atom. The van der Waals surface area contributed by atoms with Crippen LogP contribution in [0.3, 0.4) is 0 Å². The summed E-state index contributed by atoms with van der Waals surface area (Å²) in [6.45, 7) is 5.51. The highest BCUT2D eigenvalue weighted by molar-refractivity contribution is 7.18. The maximum atomic E-state index is 8.80. The monoisotopic (exact) mass is 337 g/mol. The molecule has 1 aliphatic heterocycles. The standard InChI is InChI=1S/C16H15N7S/c1-11-8-13-15(18-10-19-16(13)24-11)23-6-4-22(5-7-23)14-3-2-12(9-17)20-21-14/h2-3,8,10H,4-7H2,1H3. The number of thiophene rings is 1. The fourth-order valence-corrected chi connectivity index (χ4v) is 3.76. The smallest absolute Gasteiger partial charge is 0.163 e. The van der Waals surface area contributed by atoms with Crippen molar-refractivity contribution in [3.05, 3.63) is 35.1 Å². The molecular weight excluding hydrogens is 322 g/mol. The van der Waals surface area contributed by atoms with Gasteiger partial charge in [0, 0.05) is 31.1 Å². The minimum atomic E-state index is 0.341. The average Bonchev–Trinajstić information content (AvgIpc) is 3.02. The molecular formula is C16H15N7S. The second-order valence-corrected chi connectivity index (χ2v) is 6.87. The van der Waals surface area contributed by atoms with Crippen LogP contribution in [-0.4, -0.2) is 46.3 Å². The van der Waals surface area contributed by atoms with Gasteiger partial charge in [-0.05, 0) is 25.1 Å². The van der Waals surface area contributed by atoms with Crippen molar-refractivity contribution < 1.29 is 0 Å². The zero-order valence-electron chi connectivity index (χ0n) is 13.2. The van der Waals surface area contributed by atoms with E-state index in [1.807, 2.05) is 12.1 Å². The van der Waals surface area contributed by atoms with E-state index in [1.165, 1.54) is 4.88 Å². The van der Waals surface area contributed by atoms with E-state index in [0.29, 0.717) is 5.69 Å². The predicted molar refractivity (Wildman–Crippen MR) is 93.3 cm³/mol. The van der Waals surface area contributed by atoms with Gasteiger partial charge in [0.15, 0.2) is 11.5 Å².